The van der Waals surface area contributed by atoms with Gasteiger partial charge in [0.25, 0.3) is 0 Å². The maximum absolute atomic E-state index is 10.8. The van der Waals surface area contributed by atoms with Gasteiger partial charge in [0.1, 0.15) is 5.75 Å². The Kier molecular flexibility index (Phi) is 7.17. The zero-order valence-corrected chi connectivity index (χ0v) is 16.5. The van der Waals surface area contributed by atoms with E-state index >= 15 is 0 Å². The van der Waals surface area contributed by atoms with Crippen molar-refractivity contribution in [1.29, 1.82) is 0 Å². The Morgan fingerprint density at radius 2 is 1.93 bits per heavy atom. The molecule has 1 aromatic carbocycles. The van der Waals surface area contributed by atoms with Crippen LogP contribution in [0.5, 0.6) is 5.75 Å². The van der Waals surface area contributed by atoms with Crippen molar-refractivity contribution in [2.24, 2.45) is 17.8 Å². The second kappa shape index (κ2) is 9.59. The van der Waals surface area contributed by atoms with Crippen LogP contribution in [0.15, 0.2) is 18.2 Å². The van der Waals surface area contributed by atoms with Crippen molar-refractivity contribution in [1.82, 2.24) is 0 Å². The maximum atomic E-state index is 10.8. The smallest absolute Gasteiger partial charge is 0.341 e. The summed E-state index contributed by atoms with van der Waals surface area (Å²) in [7, 11) is 0. The Morgan fingerprint density at radius 3 is 2.70 bits per heavy atom. The first-order valence-electron chi connectivity index (χ1n) is 10.7. The number of carbonyl (C=O) groups is 1. The Morgan fingerprint density at radius 1 is 1.15 bits per heavy atom. The van der Waals surface area contributed by atoms with Crippen molar-refractivity contribution in [2.75, 3.05) is 6.61 Å². The molecule has 0 saturated heterocycles. The van der Waals surface area contributed by atoms with Gasteiger partial charge in [-0.2, -0.15) is 0 Å². The number of hydrogen-bond donors (Lipinski definition) is 2. The number of fused-ring (bicyclic) bond motifs is 2. The number of ether oxygens (including phenoxy) is 1. The van der Waals surface area contributed by atoms with Gasteiger partial charge in [-0.05, 0) is 60.6 Å². The summed E-state index contributed by atoms with van der Waals surface area (Å²) in [6.07, 6.45) is 11.5. The van der Waals surface area contributed by atoms with Gasteiger partial charge in [-0.15, -0.1) is 0 Å². The molecule has 0 radical (unpaired) electrons. The van der Waals surface area contributed by atoms with Crippen LogP contribution in [-0.4, -0.2) is 28.9 Å². The summed E-state index contributed by atoms with van der Waals surface area (Å²) >= 11 is 0. The van der Waals surface area contributed by atoms with Crippen LogP contribution in [0, 0.1) is 17.8 Å². The molecule has 3 rings (SSSR count). The Balaban J connectivity index is 1.60. The summed E-state index contributed by atoms with van der Waals surface area (Å²) in [6.45, 7) is 1.95. The number of benzene rings is 1. The molecule has 4 atom stereocenters. The molecule has 150 valence electrons. The van der Waals surface area contributed by atoms with Gasteiger partial charge >= 0.3 is 5.97 Å². The van der Waals surface area contributed by atoms with Crippen molar-refractivity contribution in [3.05, 3.63) is 29.3 Å². The molecular weight excluding hydrogens is 340 g/mol. The molecule has 0 aromatic heterocycles. The predicted molar refractivity (Wildman–Crippen MR) is 106 cm³/mol. The molecule has 0 bridgehead atoms. The highest BCUT2D eigenvalue weighted by Gasteiger charge is 2.44. The summed E-state index contributed by atoms with van der Waals surface area (Å²) in [6, 6.07) is 5.98. The average molecular weight is 375 g/mol. The van der Waals surface area contributed by atoms with Crippen LogP contribution in [0.3, 0.4) is 0 Å². The molecule has 4 nitrogen and oxygen atoms in total. The highest BCUT2D eigenvalue weighted by atomic mass is 16.5. The molecule has 1 saturated carbocycles. The zero-order chi connectivity index (χ0) is 19.2. The molecule has 0 amide bonds. The minimum atomic E-state index is -0.948. The summed E-state index contributed by atoms with van der Waals surface area (Å²) in [5, 5.41) is 19.6. The molecule has 0 aliphatic heterocycles. The molecule has 2 aliphatic rings. The lowest BCUT2D eigenvalue weighted by Crippen LogP contribution is -2.27. The van der Waals surface area contributed by atoms with Gasteiger partial charge in [-0.3, -0.25) is 0 Å². The van der Waals surface area contributed by atoms with Gasteiger partial charge in [0.15, 0.2) is 6.61 Å². The van der Waals surface area contributed by atoms with Crippen molar-refractivity contribution in [3.63, 3.8) is 0 Å². The monoisotopic (exact) mass is 374 g/mol. The number of hydrogen-bond acceptors (Lipinski definition) is 3. The molecule has 0 spiro atoms. The molecule has 0 heterocycles. The Hall–Kier alpha value is -1.55. The van der Waals surface area contributed by atoms with E-state index in [0.717, 1.165) is 31.2 Å². The van der Waals surface area contributed by atoms with Crippen LogP contribution in [0.25, 0.3) is 0 Å². The first kappa shape index (κ1) is 20.2. The van der Waals surface area contributed by atoms with E-state index < -0.39 is 5.97 Å². The number of aliphatic hydroxyl groups excluding tert-OH is 1. The van der Waals surface area contributed by atoms with Crippen LogP contribution < -0.4 is 4.74 Å². The fourth-order valence-corrected chi connectivity index (χ4v) is 5.24. The van der Waals surface area contributed by atoms with E-state index in [0.29, 0.717) is 23.5 Å². The van der Waals surface area contributed by atoms with Crippen molar-refractivity contribution in [2.45, 2.75) is 77.2 Å². The predicted octanol–water partition coefficient (Wildman–Crippen LogP) is 4.61. The lowest BCUT2D eigenvalue weighted by molar-refractivity contribution is -0.139. The number of carboxylic acids is 1. The minimum absolute atomic E-state index is 0.187. The first-order valence-corrected chi connectivity index (χ1v) is 10.7. The molecule has 2 N–H and O–H groups in total. The molecule has 4 heteroatoms. The largest absolute Gasteiger partial charge is 0.482 e. The second-order valence-corrected chi connectivity index (χ2v) is 8.43. The van der Waals surface area contributed by atoms with E-state index in [1.165, 1.54) is 44.1 Å². The lowest BCUT2D eigenvalue weighted by Gasteiger charge is -2.32. The average Bonchev–Trinajstić information content (AvgIpc) is 2.95. The van der Waals surface area contributed by atoms with Crippen LogP contribution >= 0.6 is 0 Å². The van der Waals surface area contributed by atoms with Crippen LogP contribution in [0.4, 0.5) is 0 Å². The lowest BCUT2D eigenvalue weighted by atomic mass is 9.73. The van der Waals surface area contributed by atoms with Gasteiger partial charge < -0.3 is 14.9 Å². The van der Waals surface area contributed by atoms with Gasteiger partial charge in [-0.1, -0.05) is 57.6 Å². The first-order chi connectivity index (χ1) is 13.1. The van der Waals surface area contributed by atoms with Crippen molar-refractivity contribution >= 4 is 5.97 Å². The number of rotatable bonds is 10. The molecule has 2 aliphatic carbocycles. The highest BCUT2D eigenvalue weighted by Crippen LogP contribution is 2.48. The summed E-state index contributed by atoms with van der Waals surface area (Å²) in [4.78, 5) is 10.8. The van der Waals surface area contributed by atoms with Crippen LogP contribution in [0.1, 0.15) is 69.4 Å². The molecule has 1 aromatic rings. The zero-order valence-electron chi connectivity index (χ0n) is 16.5. The van der Waals surface area contributed by atoms with Crippen molar-refractivity contribution < 1.29 is 19.7 Å². The number of unbranched alkanes of at least 4 members (excludes halogenated alkanes) is 5. The van der Waals surface area contributed by atoms with Gasteiger partial charge in [0.2, 0.25) is 0 Å². The van der Waals surface area contributed by atoms with E-state index in [4.69, 9.17) is 9.84 Å². The van der Waals surface area contributed by atoms with Crippen molar-refractivity contribution in [3.8, 4) is 5.75 Å². The summed E-state index contributed by atoms with van der Waals surface area (Å²) in [5.74, 6) is 1.22. The fraction of sp³-hybridized carbons (Fsp3) is 0.696. The topological polar surface area (TPSA) is 66.8 Å². The second-order valence-electron chi connectivity index (χ2n) is 8.43. The third kappa shape index (κ3) is 5.04. The van der Waals surface area contributed by atoms with E-state index in [1.807, 2.05) is 12.1 Å². The SMILES string of the molecule is CCCCCCCCC1[C@H](O)C[C@@H]2Cc3c(cccc3OCC(=O)O)C[C@H]12. The molecule has 1 unspecified atom stereocenters. The standard InChI is InChI=1S/C23H34O4/c1-2-3-4-5-6-7-10-18-19-12-16-9-8-11-22(27-15-23(25)26)20(16)13-17(19)14-21(18)24/h8-9,11,17-19,21,24H,2-7,10,12-15H2,1H3,(H,25,26)/t17-,18?,19-,21+/m0/s1. The molecule has 27 heavy (non-hydrogen) atoms. The number of aliphatic hydroxyl groups is 1. The van der Waals surface area contributed by atoms with Gasteiger partial charge in [-0.25, -0.2) is 4.79 Å². The summed E-state index contributed by atoms with van der Waals surface area (Å²) < 4.78 is 5.52. The normalized spacial score (nSPS) is 26.4. The van der Waals surface area contributed by atoms with E-state index in [2.05, 4.69) is 13.0 Å². The van der Waals surface area contributed by atoms with E-state index in [9.17, 15) is 9.90 Å². The number of aliphatic carboxylic acids is 1. The van der Waals surface area contributed by atoms with Crippen LogP contribution in [0.2, 0.25) is 0 Å². The molecular formula is C23H34O4. The quantitative estimate of drug-likeness (QED) is 0.587. The van der Waals surface area contributed by atoms with E-state index in [1.54, 1.807) is 0 Å². The molecule has 1 fully saturated rings. The summed E-state index contributed by atoms with van der Waals surface area (Å²) in [5.41, 5.74) is 2.44. The number of carboxylic acid groups (broad SMARTS) is 1. The fourth-order valence-electron chi connectivity index (χ4n) is 5.24. The third-order valence-corrected chi connectivity index (χ3v) is 6.59. The highest BCUT2D eigenvalue weighted by molar-refractivity contribution is 5.68. The van der Waals surface area contributed by atoms with Gasteiger partial charge in [0.05, 0.1) is 6.10 Å². The minimum Gasteiger partial charge on any atom is -0.482 e. The van der Waals surface area contributed by atoms with Gasteiger partial charge in [0, 0.05) is 0 Å². The third-order valence-electron chi connectivity index (χ3n) is 6.59. The Labute approximate surface area is 162 Å². The van der Waals surface area contributed by atoms with E-state index in [-0.39, 0.29) is 12.7 Å². The van der Waals surface area contributed by atoms with Crippen LogP contribution in [-0.2, 0) is 17.6 Å². The Bertz CT molecular complexity index is 627. The maximum Gasteiger partial charge on any atom is 0.341 e.